The zero-order valence-electron chi connectivity index (χ0n) is 13.7. The lowest BCUT2D eigenvalue weighted by Crippen LogP contribution is -2.47. The molecule has 0 radical (unpaired) electrons. The van der Waals surface area contributed by atoms with Gasteiger partial charge in [-0.05, 0) is 13.0 Å². The van der Waals surface area contributed by atoms with Crippen LogP contribution < -0.4 is 9.80 Å². The molecule has 25 heavy (non-hydrogen) atoms. The summed E-state index contributed by atoms with van der Waals surface area (Å²) >= 11 is 0. The number of hydrogen-bond donors (Lipinski definition) is 0. The first kappa shape index (κ1) is 15.7. The lowest BCUT2D eigenvalue weighted by molar-refractivity contribution is 0.145. The fourth-order valence-corrected chi connectivity index (χ4v) is 3.08. The number of aromatic nitrogens is 5. The summed E-state index contributed by atoms with van der Waals surface area (Å²) in [6, 6.07) is 3.31. The van der Waals surface area contributed by atoms with Crippen LogP contribution in [0.5, 0.6) is 0 Å². The molecule has 0 spiro atoms. The molecule has 0 unspecified atom stereocenters. The van der Waals surface area contributed by atoms with E-state index in [2.05, 4.69) is 25.0 Å². The molecule has 0 amide bonds. The Kier molecular flexibility index (Phi) is 3.90. The highest BCUT2D eigenvalue weighted by Gasteiger charge is 2.22. The van der Waals surface area contributed by atoms with Gasteiger partial charge in [0.1, 0.15) is 22.9 Å². The second-order valence-corrected chi connectivity index (χ2v) is 5.88. The molecule has 1 fully saturated rings. The number of rotatable bonds is 3. The van der Waals surface area contributed by atoms with Gasteiger partial charge >= 0.3 is 0 Å². The second-order valence-electron chi connectivity index (χ2n) is 5.88. The molecular formula is C16H17F2N7. The van der Waals surface area contributed by atoms with Crippen LogP contribution in [0.4, 0.5) is 20.4 Å². The highest BCUT2D eigenvalue weighted by molar-refractivity contribution is 5.68. The molecular weight excluding hydrogens is 328 g/mol. The zero-order chi connectivity index (χ0) is 17.4. The van der Waals surface area contributed by atoms with E-state index in [-0.39, 0.29) is 5.69 Å². The lowest BCUT2D eigenvalue weighted by Gasteiger charge is -2.36. The first-order valence-corrected chi connectivity index (χ1v) is 8.04. The molecule has 1 aliphatic rings. The van der Waals surface area contributed by atoms with Gasteiger partial charge in [0.2, 0.25) is 0 Å². The Hall–Kier alpha value is -2.84. The second kappa shape index (κ2) is 6.23. The molecule has 1 aliphatic heterocycles. The van der Waals surface area contributed by atoms with Gasteiger partial charge in [-0.1, -0.05) is 0 Å². The van der Waals surface area contributed by atoms with Crippen molar-refractivity contribution in [3.63, 3.8) is 0 Å². The van der Waals surface area contributed by atoms with Crippen molar-refractivity contribution in [1.82, 2.24) is 24.6 Å². The first-order valence-electron chi connectivity index (χ1n) is 8.04. The van der Waals surface area contributed by atoms with Crippen LogP contribution in [-0.4, -0.2) is 50.7 Å². The van der Waals surface area contributed by atoms with Gasteiger partial charge in [0.05, 0.1) is 6.20 Å². The fourth-order valence-electron chi connectivity index (χ4n) is 3.08. The van der Waals surface area contributed by atoms with Gasteiger partial charge in [-0.2, -0.15) is 5.10 Å². The van der Waals surface area contributed by atoms with E-state index < -0.39 is 6.43 Å². The van der Waals surface area contributed by atoms with Crippen molar-refractivity contribution in [2.75, 3.05) is 36.0 Å². The van der Waals surface area contributed by atoms with E-state index in [9.17, 15) is 8.78 Å². The van der Waals surface area contributed by atoms with Crippen molar-refractivity contribution in [3.05, 3.63) is 42.2 Å². The third-order valence-corrected chi connectivity index (χ3v) is 4.28. The normalized spacial score (nSPS) is 15.4. The van der Waals surface area contributed by atoms with Gasteiger partial charge in [0, 0.05) is 44.6 Å². The van der Waals surface area contributed by atoms with E-state index in [1.807, 2.05) is 17.2 Å². The molecule has 3 aromatic heterocycles. The number of piperazine rings is 1. The number of hydrogen-bond acceptors (Lipinski definition) is 6. The van der Waals surface area contributed by atoms with Crippen molar-refractivity contribution in [2.24, 2.45) is 0 Å². The number of halogens is 2. The van der Waals surface area contributed by atoms with Crippen LogP contribution in [0, 0.1) is 6.92 Å². The topological polar surface area (TPSA) is 62.5 Å². The maximum Gasteiger partial charge on any atom is 0.280 e. The van der Waals surface area contributed by atoms with E-state index >= 15 is 0 Å². The molecule has 1 saturated heterocycles. The van der Waals surface area contributed by atoms with Gasteiger partial charge < -0.3 is 9.80 Å². The van der Waals surface area contributed by atoms with Gasteiger partial charge in [0.25, 0.3) is 6.43 Å². The zero-order valence-corrected chi connectivity index (χ0v) is 13.7. The van der Waals surface area contributed by atoms with Gasteiger partial charge in [0.15, 0.2) is 5.82 Å². The Labute approximate surface area is 142 Å². The Morgan fingerprint density at radius 3 is 2.56 bits per heavy atom. The summed E-state index contributed by atoms with van der Waals surface area (Å²) in [5.74, 6) is 1.80. The first-order chi connectivity index (χ1) is 12.1. The predicted octanol–water partition coefficient (Wildman–Crippen LogP) is 2.09. The molecule has 0 aliphatic carbocycles. The molecule has 4 heterocycles. The molecule has 0 bridgehead atoms. The summed E-state index contributed by atoms with van der Waals surface area (Å²) < 4.78 is 27.7. The average Bonchev–Trinajstić information content (AvgIpc) is 3.10. The van der Waals surface area contributed by atoms with Crippen molar-refractivity contribution in [1.29, 1.82) is 0 Å². The Morgan fingerprint density at radius 1 is 1.04 bits per heavy atom. The van der Waals surface area contributed by atoms with Crippen LogP contribution >= 0.6 is 0 Å². The average molecular weight is 345 g/mol. The van der Waals surface area contributed by atoms with Crippen molar-refractivity contribution in [2.45, 2.75) is 13.3 Å². The maximum atomic E-state index is 13.0. The molecule has 9 heteroatoms. The van der Waals surface area contributed by atoms with Crippen LogP contribution in [0.15, 0.2) is 30.7 Å². The Morgan fingerprint density at radius 2 is 1.80 bits per heavy atom. The SMILES string of the molecule is Cc1nc(C(F)F)cc(N2CCN(c3nccn4nccc34)CC2)n1. The summed E-state index contributed by atoms with van der Waals surface area (Å²) in [5.41, 5.74) is 0.726. The quantitative estimate of drug-likeness (QED) is 0.724. The van der Waals surface area contributed by atoms with Crippen LogP contribution in [-0.2, 0) is 0 Å². The number of aryl methyl sites for hydroxylation is 1. The number of fused-ring (bicyclic) bond motifs is 1. The third kappa shape index (κ3) is 2.97. The van der Waals surface area contributed by atoms with E-state index in [1.165, 1.54) is 6.07 Å². The number of nitrogens with zero attached hydrogens (tertiary/aromatic N) is 7. The summed E-state index contributed by atoms with van der Waals surface area (Å²) in [5, 5.41) is 4.22. The van der Waals surface area contributed by atoms with E-state index in [0.29, 0.717) is 24.7 Å². The standard InChI is InChI=1S/C16H17F2N7/c1-11-21-12(15(17)18)10-14(22-11)23-6-8-24(9-7-23)16-13-2-3-20-25(13)5-4-19-16/h2-5,10,15H,6-9H2,1H3. The minimum Gasteiger partial charge on any atom is -0.353 e. The number of anilines is 2. The molecule has 0 N–H and O–H groups in total. The minimum atomic E-state index is -2.59. The molecule has 0 aromatic carbocycles. The van der Waals surface area contributed by atoms with Crippen molar-refractivity contribution in [3.8, 4) is 0 Å². The molecule has 0 saturated carbocycles. The highest BCUT2D eigenvalue weighted by Crippen LogP contribution is 2.24. The highest BCUT2D eigenvalue weighted by atomic mass is 19.3. The molecule has 130 valence electrons. The predicted molar refractivity (Wildman–Crippen MR) is 89.1 cm³/mol. The van der Waals surface area contributed by atoms with Gasteiger partial charge in [-0.15, -0.1) is 0 Å². The largest absolute Gasteiger partial charge is 0.353 e. The lowest BCUT2D eigenvalue weighted by atomic mass is 10.2. The van der Waals surface area contributed by atoms with Gasteiger partial charge in [-0.25, -0.2) is 28.2 Å². The van der Waals surface area contributed by atoms with E-state index in [4.69, 9.17) is 0 Å². The molecule has 4 rings (SSSR count). The number of alkyl halides is 2. The van der Waals surface area contributed by atoms with Gasteiger partial charge in [-0.3, -0.25) is 0 Å². The molecule has 7 nitrogen and oxygen atoms in total. The van der Waals surface area contributed by atoms with Crippen LogP contribution in [0.3, 0.4) is 0 Å². The smallest absolute Gasteiger partial charge is 0.280 e. The Bertz CT molecular complexity index is 887. The van der Waals surface area contributed by atoms with Crippen molar-refractivity contribution >= 4 is 17.2 Å². The molecule has 0 atom stereocenters. The summed E-state index contributed by atoms with van der Waals surface area (Å²) in [4.78, 5) is 16.8. The maximum absolute atomic E-state index is 13.0. The third-order valence-electron chi connectivity index (χ3n) is 4.28. The summed E-state index contributed by atoms with van der Waals surface area (Å²) in [6.45, 7) is 4.44. The van der Waals surface area contributed by atoms with Crippen LogP contribution in [0.2, 0.25) is 0 Å². The van der Waals surface area contributed by atoms with E-state index in [1.54, 1.807) is 23.8 Å². The Balaban J connectivity index is 1.53. The van der Waals surface area contributed by atoms with Crippen LogP contribution in [0.1, 0.15) is 17.9 Å². The van der Waals surface area contributed by atoms with E-state index in [0.717, 1.165) is 24.4 Å². The minimum absolute atomic E-state index is 0.226. The fraction of sp³-hybridized carbons (Fsp3) is 0.375. The van der Waals surface area contributed by atoms with Crippen LogP contribution in [0.25, 0.3) is 5.52 Å². The molecule has 3 aromatic rings. The summed E-state index contributed by atoms with van der Waals surface area (Å²) in [7, 11) is 0. The van der Waals surface area contributed by atoms with Crippen molar-refractivity contribution < 1.29 is 8.78 Å². The summed E-state index contributed by atoms with van der Waals surface area (Å²) in [6.07, 6.45) is 2.69. The monoisotopic (exact) mass is 345 g/mol.